The molecular formula is C21H28N10O14P2. The molecule has 24 nitrogen and oxygen atoms in total. The van der Waals surface area contributed by atoms with Crippen molar-refractivity contribution in [3.63, 3.8) is 0 Å². The molecule has 4 aromatic heterocycles. The summed E-state index contributed by atoms with van der Waals surface area (Å²) in [5.41, 5.74) is 11.0. The largest absolute Gasteiger partial charge is 0.472 e. The number of hydrogen-bond donors (Lipinski definition) is 8. The van der Waals surface area contributed by atoms with Gasteiger partial charge in [-0.15, -0.1) is 0 Å². The van der Waals surface area contributed by atoms with Crippen molar-refractivity contribution in [2.24, 2.45) is 0 Å². The van der Waals surface area contributed by atoms with Gasteiger partial charge in [0.15, 0.2) is 35.1 Å². The number of rotatable bonds is 11. The van der Waals surface area contributed by atoms with Gasteiger partial charge < -0.3 is 50.6 Å². The number of aliphatic hydroxyl groups is 2. The zero-order chi connectivity index (χ0) is 33.8. The molecule has 2 saturated heterocycles. The number of fused-ring (bicyclic) bond motifs is 2. The number of methoxy groups -OCH3 is 1. The van der Waals surface area contributed by atoms with Gasteiger partial charge in [-0.25, -0.2) is 29.1 Å². The summed E-state index contributed by atoms with van der Waals surface area (Å²) in [5.74, 6) is -0.201. The van der Waals surface area contributed by atoms with E-state index in [9.17, 15) is 38.8 Å². The minimum atomic E-state index is -5.13. The van der Waals surface area contributed by atoms with Crippen LogP contribution in [0.3, 0.4) is 0 Å². The van der Waals surface area contributed by atoms with Crippen LogP contribution in [0.5, 0.6) is 0 Å². The maximum absolute atomic E-state index is 13.2. The van der Waals surface area contributed by atoms with Crippen molar-refractivity contribution in [2.75, 3.05) is 31.8 Å². The Labute approximate surface area is 261 Å². The zero-order valence-corrected chi connectivity index (χ0v) is 25.6. The van der Waals surface area contributed by atoms with Crippen molar-refractivity contribution in [3.8, 4) is 0 Å². The number of imidazole rings is 2. The molecule has 0 aliphatic carbocycles. The van der Waals surface area contributed by atoms with Crippen LogP contribution in [-0.4, -0.2) is 121 Å². The first-order chi connectivity index (χ1) is 22.2. The van der Waals surface area contributed by atoms with E-state index in [1.165, 1.54) is 18.0 Å². The molecule has 6 heterocycles. The van der Waals surface area contributed by atoms with Crippen LogP contribution in [0.25, 0.3) is 22.3 Å². The molecule has 26 heteroatoms. The predicted octanol–water partition coefficient (Wildman–Crippen LogP) is -2.73. The van der Waals surface area contributed by atoms with E-state index in [4.69, 9.17) is 34.7 Å². The zero-order valence-electron chi connectivity index (χ0n) is 23.9. The van der Waals surface area contributed by atoms with Gasteiger partial charge in [-0.1, -0.05) is 0 Å². The van der Waals surface area contributed by atoms with Crippen LogP contribution < -0.4 is 17.0 Å². The van der Waals surface area contributed by atoms with Crippen molar-refractivity contribution >= 4 is 49.7 Å². The fourth-order valence-electron chi connectivity index (χ4n) is 5.25. The number of aromatic nitrogens is 8. The molecule has 9 atom stereocenters. The minimum Gasteiger partial charge on any atom is -0.387 e. The molecule has 47 heavy (non-hydrogen) atoms. The summed E-state index contributed by atoms with van der Waals surface area (Å²) >= 11 is 0. The standard InChI is InChI=1S/C21H28N10O14P2/c1-40-14-13(8(3-41-46(35,36)37)44-20(14)30-5-26-9-15(22)24-4-25-16(9)30)45-47(38,39)42-2-7-11(32)12(33)19(43-7)31-6-27-10-17(31)28-21(23)29-18(10)34/h4-8,11-14,19-20,32-33H,2-3H2,1H3,(H,38,39)(H2,22,24,25)(H2,35,36,37)(H3,23,28,29,34)/t7-,8-,11-,12-,13-,14-,19-,20-/m1/s1. The molecule has 256 valence electrons. The van der Waals surface area contributed by atoms with Crippen molar-refractivity contribution < 1.29 is 61.8 Å². The molecule has 6 rings (SSSR count). The van der Waals surface area contributed by atoms with E-state index >= 15 is 0 Å². The highest BCUT2D eigenvalue weighted by Crippen LogP contribution is 2.50. The van der Waals surface area contributed by atoms with Crippen LogP contribution >= 0.6 is 15.6 Å². The molecule has 10 N–H and O–H groups in total. The Morgan fingerprint density at radius 3 is 2.26 bits per heavy atom. The van der Waals surface area contributed by atoms with Crippen molar-refractivity contribution in [2.45, 2.75) is 49.1 Å². The molecule has 0 spiro atoms. The Bertz CT molecular complexity index is 1930. The number of phosphoric ester groups is 2. The number of aliphatic hydroxyl groups excluding tert-OH is 2. The third-order valence-electron chi connectivity index (χ3n) is 7.34. The first-order valence-corrected chi connectivity index (χ1v) is 16.4. The van der Waals surface area contributed by atoms with E-state index in [-0.39, 0.29) is 34.1 Å². The lowest BCUT2D eigenvalue weighted by molar-refractivity contribution is -0.0582. The summed E-state index contributed by atoms with van der Waals surface area (Å²) in [7, 11) is -8.95. The van der Waals surface area contributed by atoms with Gasteiger partial charge in [0, 0.05) is 7.11 Å². The van der Waals surface area contributed by atoms with Gasteiger partial charge in [0.2, 0.25) is 5.95 Å². The molecule has 0 saturated carbocycles. The van der Waals surface area contributed by atoms with Gasteiger partial charge in [-0.2, -0.15) is 4.98 Å². The Hall–Kier alpha value is -3.48. The maximum Gasteiger partial charge on any atom is 0.472 e. The predicted molar refractivity (Wildman–Crippen MR) is 152 cm³/mol. The summed E-state index contributed by atoms with van der Waals surface area (Å²) in [6.45, 7) is -1.64. The molecule has 0 radical (unpaired) electrons. The fourth-order valence-corrected chi connectivity index (χ4v) is 6.55. The Kier molecular flexibility index (Phi) is 8.90. The Balaban J connectivity index is 1.20. The number of aromatic amines is 1. The van der Waals surface area contributed by atoms with Gasteiger partial charge in [-0.3, -0.25) is 32.5 Å². The lowest BCUT2D eigenvalue weighted by Crippen LogP contribution is -2.38. The first kappa shape index (κ1) is 33.4. The SMILES string of the molecule is CO[C@@H]1[C@H](OP(=O)(O)OC[C@H]2O[C@@H](n3cnc4c(=O)[nH]c(N)nc43)[C@H](O)[C@@H]2O)[C@@H](COP(=O)(O)O)O[C@H]1n1cnc2c(N)ncnc21. The smallest absolute Gasteiger partial charge is 0.387 e. The number of anilines is 2. The second-order valence-electron chi connectivity index (χ2n) is 10.3. The number of ether oxygens (including phenoxy) is 3. The van der Waals surface area contributed by atoms with E-state index in [0.717, 1.165) is 17.2 Å². The van der Waals surface area contributed by atoms with Gasteiger partial charge in [0.25, 0.3) is 5.56 Å². The molecule has 2 aliphatic heterocycles. The second kappa shape index (κ2) is 12.5. The molecule has 0 bridgehead atoms. The molecule has 1 unspecified atom stereocenters. The highest BCUT2D eigenvalue weighted by Gasteiger charge is 2.52. The van der Waals surface area contributed by atoms with E-state index in [0.29, 0.717) is 0 Å². The van der Waals surface area contributed by atoms with Gasteiger partial charge >= 0.3 is 15.6 Å². The van der Waals surface area contributed by atoms with E-state index in [1.54, 1.807) is 0 Å². The molecule has 2 aliphatic rings. The van der Waals surface area contributed by atoms with Crippen LogP contribution in [-0.2, 0) is 36.9 Å². The topological polar surface area (TPSA) is 350 Å². The van der Waals surface area contributed by atoms with Crippen LogP contribution in [0, 0.1) is 0 Å². The van der Waals surface area contributed by atoms with Gasteiger partial charge in [0.05, 0.1) is 25.9 Å². The quantitative estimate of drug-likeness (QED) is 0.0733. The number of phosphoric acid groups is 2. The average Bonchev–Trinajstić information content (AvgIpc) is 3.75. The van der Waals surface area contributed by atoms with E-state index < -0.39 is 83.5 Å². The molecule has 4 aromatic rings. The third kappa shape index (κ3) is 6.51. The molecule has 0 amide bonds. The molecule has 0 aromatic carbocycles. The monoisotopic (exact) mass is 706 g/mol. The third-order valence-corrected chi connectivity index (χ3v) is 8.82. The van der Waals surface area contributed by atoms with E-state index in [1.807, 2.05) is 0 Å². The highest BCUT2D eigenvalue weighted by molar-refractivity contribution is 7.47. The number of H-pyrrole nitrogens is 1. The minimum absolute atomic E-state index is 0.0436. The number of nitrogens with zero attached hydrogens (tertiary/aromatic N) is 7. The number of hydrogen-bond acceptors (Lipinski definition) is 18. The Morgan fingerprint density at radius 1 is 0.894 bits per heavy atom. The number of nitrogen functional groups attached to an aromatic ring is 2. The molecular weight excluding hydrogens is 678 g/mol. The summed E-state index contributed by atoms with van der Waals surface area (Å²) in [6, 6.07) is 0. The average molecular weight is 706 g/mol. The van der Waals surface area contributed by atoms with Gasteiger partial charge in [-0.05, 0) is 0 Å². The number of nitrogens with two attached hydrogens (primary N) is 2. The Morgan fingerprint density at radius 2 is 1.55 bits per heavy atom. The molecule has 2 fully saturated rings. The normalized spacial score (nSPS) is 29.6. The summed E-state index contributed by atoms with van der Waals surface area (Å²) in [6.07, 6.45) is -7.99. The summed E-state index contributed by atoms with van der Waals surface area (Å²) < 4.78 is 59.3. The number of nitrogens with one attached hydrogen (secondary N) is 1. The summed E-state index contributed by atoms with van der Waals surface area (Å²) in [5, 5.41) is 21.3. The van der Waals surface area contributed by atoms with Gasteiger partial charge in [0.1, 0.15) is 48.5 Å². The van der Waals surface area contributed by atoms with Crippen LogP contribution in [0.4, 0.5) is 11.8 Å². The van der Waals surface area contributed by atoms with Crippen molar-refractivity contribution in [3.05, 3.63) is 29.3 Å². The van der Waals surface area contributed by atoms with E-state index in [2.05, 4.69) is 34.4 Å². The van der Waals surface area contributed by atoms with Crippen molar-refractivity contribution in [1.29, 1.82) is 0 Å². The maximum atomic E-state index is 13.2. The van der Waals surface area contributed by atoms with Crippen LogP contribution in [0.15, 0.2) is 23.8 Å². The second-order valence-corrected chi connectivity index (χ2v) is 12.9. The lowest BCUT2D eigenvalue weighted by atomic mass is 10.1. The fraction of sp³-hybridized carbons (Fsp3) is 0.524. The summed E-state index contributed by atoms with van der Waals surface area (Å²) in [4.78, 5) is 63.6. The van der Waals surface area contributed by atoms with Crippen LogP contribution in [0.2, 0.25) is 0 Å². The lowest BCUT2D eigenvalue weighted by Gasteiger charge is -2.26. The first-order valence-electron chi connectivity index (χ1n) is 13.4. The van der Waals surface area contributed by atoms with Crippen molar-refractivity contribution in [1.82, 2.24) is 39.0 Å². The van der Waals surface area contributed by atoms with Crippen LogP contribution in [0.1, 0.15) is 12.5 Å². The highest BCUT2D eigenvalue weighted by atomic mass is 31.2.